The molecule has 29 nitrogen and oxygen atoms in total. The number of piperidine rings is 5. The second-order valence-electron chi connectivity index (χ2n) is 37.1. The molecule has 10 aliphatic rings. The number of hydrogen-bond acceptors (Lipinski definition) is 29. The lowest BCUT2D eigenvalue weighted by Crippen LogP contribution is -2.49. The van der Waals surface area contributed by atoms with Gasteiger partial charge in [0.2, 0.25) is 0 Å². The molecule has 10 aromatic rings. The molecule has 9 N–H and O–H groups in total. The van der Waals surface area contributed by atoms with Gasteiger partial charge in [-0.2, -0.15) is 0 Å². The van der Waals surface area contributed by atoms with Crippen molar-refractivity contribution in [2.75, 3.05) is 116 Å². The second kappa shape index (κ2) is 39.3. The Balaban J connectivity index is 0.000000119. The molecule has 0 spiro atoms. The molecule has 130 heavy (non-hydrogen) atoms. The molecule has 0 saturated carbocycles. The lowest BCUT2D eigenvalue weighted by Gasteiger charge is -2.39. The average Bonchev–Trinajstić information content (AvgIpc) is 1.61. The first-order chi connectivity index (χ1) is 62.5. The Morgan fingerprint density at radius 1 is 0.331 bits per heavy atom. The standard InChI is InChI=1S/2C20H24ClN5.2C19H23ClN6.C18H21ClN6O/c1-13-4-3-5-14(17(13)21)18-19-15(10-23-18)25-16(11-24-19)26-8-6-20(2,12-22)7-9-26;1-4-20(3)6-9-26(10-7-20)16-12-24-19-15(25-16)11-23-18(19)14-5-8-22-13(2)17(14)21;1-12-16(20)13(3-6-22-12)17-18-14(9-23-17)25-15(10-24-18)26-7-4-19(2,11-21)5-8-26;1-12-7-13(14(20)8-22-12)17-18-15(9-23-17)25-16(10-24-18)26-5-3-19(2,11-21)4-6-26;1-11-6-12(13(19)7-21-11)16-17-14(8-22-16)24-15(9-23-17)25-4-2-18(26,10-20)3-5-25/h3-5,11H,6-10,12,22H2,1-2H3;5,8,12H,4,6-7,9-11H2,1-3H3;3,6,10H,4-5,7-9,11,21H2,1-2H3;7-8,10H,3-6,9,11,21H2,1-2H3;6-7,9,26H,2-5,8,10,20H2,1H3. The zero-order chi connectivity index (χ0) is 91.6. The molecule has 0 atom stereocenters. The number of fused-ring (bicyclic) bond motifs is 5. The number of hydrogen-bond donors (Lipinski definition) is 5. The number of aliphatic hydroxyl groups is 1. The maximum absolute atomic E-state index is 10.3. The minimum Gasteiger partial charge on any atom is -0.388 e. The molecule has 10 aliphatic heterocycles. The molecule has 0 radical (unpaired) electrons. The van der Waals surface area contributed by atoms with Gasteiger partial charge in [0.05, 0.1) is 163 Å². The summed E-state index contributed by atoms with van der Waals surface area (Å²) in [6.07, 6.45) is 27.5. The van der Waals surface area contributed by atoms with Crippen LogP contribution < -0.4 is 47.4 Å². The molecule has 9 aromatic heterocycles. The zero-order valence-electron chi connectivity index (χ0n) is 75.8. The predicted molar refractivity (Wildman–Crippen MR) is 520 cm³/mol. The van der Waals surface area contributed by atoms with Gasteiger partial charge in [0, 0.05) is 136 Å². The van der Waals surface area contributed by atoms with Gasteiger partial charge >= 0.3 is 0 Å². The van der Waals surface area contributed by atoms with E-state index in [1.165, 1.54) is 19.3 Å². The quantitative estimate of drug-likeness (QED) is 0.0636. The first kappa shape index (κ1) is 93.1. The van der Waals surface area contributed by atoms with Crippen molar-refractivity contribution in [2.45, 2.75) is 178 Å². The van der Waals surface area contributed by atoms with Crippen LogP contribution in [-0.4, -0.2) is 201 Å². The molecular formula is C96H115Cl5N28O. The molecule has 0 unspecified atom stereocenters. The third kappa shape index (κ3) is 20.1. The number of anilines is 5. The van der Waals surface area contributed by atoms with E-state index in [2.05, 4.69) is 119 Å². The Hall–Kier alpha value is -10.2. The van der Waals surface area contributed by atoms with E-state index in [1.54, 1.807) is 31.0 Å². The number of benzene rings is 1. The molecule has 20 rings (SSSR count). The van der Waals surface area contributed by atoms with Crippen LogP contribution in [0, 0.1) is 56.3 Å². The largest absolute Gasteiger partial charge is 0.388 e. The number of aryl methyl sites for hydroxylation is 5. The van der Waals surface area contributed by atoms with Crippen LogP contribution in [0.5, 0.6) is 0 Å². The first-order valence-electron chi connectivity index (χ1n) is 45.0. The van der Waals surface area contributed by atoms with Crippen molar-refractivity contribution in [3.8, 4) is 0 Å². The van der Waals surface area contributed by atoms with Crippen LogP contribution in [0.15, 0.2) is 123 Å². The topological polar surface area (TPSA) is 383 Å². The van der Waals surface area contributed by atoms with Crippen molar-refractivity contribution in [1.29, 1.82) is 0 Å². The van der Waals surface area contributed by atoms with Crippen molar-refractivity contribution >= 4 is 116 Å². The molecule has 680 valence electrons. The number of rotatable bonds is 15. The minimum absolute atomic E-state index is 0.243. The number of halogens is 5. The van der Waals surface area contributed by atoms with Gasteiger partial charge in [0.1, 0.15) is 57.6 Å². The zero-order valence-corrected chi connectivity index (χ0v) is 79.6. The van der Waals surface area contributed by atoms with Crippen molar-refractivity contribution in [1.82, 2.24) is 69.8 Å². The summed E-state index contributed by atoms with van der Waals surface area (Å²) < 4.78 is 0. The fourth-order valence-corrected chi connectivity index (χ4v) is 18.8. The molecule has 5 saturated heterocycles. The smallest absolute Gasteiger partial charge is 0.147 e. The number of aromatic nitrogens is 14. The van der Waals surface area contributed by atoms with E-state index in [1.807, 2.05) is 102 Å². The number of pyridine rings is 4. The van der Waals surface area contributed by atoms with E-state index in [9.17, 15) is 5.11 Å². The fraction of sp³-hybridized carbons (Fsp3) is 0.469. The van der Waals surface area contributed by atoms with Crippen molar-refractivity contribution in [3.05, 3.63) is 236 Å². The van der Waals surface area contributed by atoms with E-state index in [0.717, 1.165) is 286 Å². The SMILES string of the molecule is CCC1(C)CCN(c2cnc3c(n2)CN=C3c2ccnc(C)c2Cl)CC1.Cc1cc(C2=NCc3nc(N4CCC(C)(CN)CC4)cnc32)c(Cl)cn1.Cc1cc(C2=NCc3nc(N4CCC(O)(CN)CC4)cnc32)c(Cl)cn1.Cc1cccc(C2=NCc3nc(N4CCC(C)(CN)CC4)cnc32)c1Cl.Cc1nccc(C2=NCc3nc(N4CCC(C)(CN)CC4)cnc32)c1Cl. The second-order valence-corrected chi connectivity index (χ2v) is 39.0. The molecule has 19 heterocycles. The van der Waals surface area contributed by atoms with Crippen molar-refractivity contribution in [2.24, 2.45) is 69.6 Å². The Labute approximate surface area is 785 Å². The first-order valence-corrected chi connectivity index (χ1v) is 46.9. The Morgan fingerprint density at radius 2 is 0.608 bits per heavy atom. The summed E-state index contributed by atoms with van der Waals surface area (Å²) in [4.78, 5) is 99.0. The van der Waals surface area contributed by atoms with Crippen LogP contribution in [0.25, 0.3) is 0 Å². The maximum atomic E-state index is 10.3. The van der Waals surface area contributed by atoms with Gasteiger partial charge in [-0.3, -0.25) is 44.9 Å². The number of nitrogens with zero attached hydrogens (tertiary/aromatic N) is 24. The van der Waals surface area contributed by atoms with Crippen LogP contribution in [0.4, 0.5) is 29.1 Å². The van der Waals surface area contributed by atoms with Gasteiger partial charge in [0.25, 0.3) is 0 Å². The highest BCUT2D eigenvalue weighted by Crippen LogP contribution is 2.41. The van der Waals surface area contributed by atoms with E-state index in [0.29, 0.717) is 90.7 Å². The highest BCUT2D eigenvalue weighted by atomic mass is 35.5. The normalized spacial score (nSPS) is 18.6. The monoisotopic (exact) mass is 1850 g/mol. The Bertz CT molecular complexity index is 5320. The van der Waals surface area contributed by atoms with Crippen LogP contribution in [0.3, 0.4) is 0 Å². The van der Waals surface area contributed by atoms with Crippen molar-refractivity contribution < 1.29 is 5.11 Å². The fourth-order valence-electron chi connectivity index (χ4n) is 17.8. The van der Waals surface area contributed by atoms with E-state index in [-0.39, 0.29) is 16.2 Å². The summed E-state index contributed by atoms with van der Waals surface area (Å²) in [5.41, 5.74) is 45.4. The highest BCUT2D eigenvalue weighted by Gasteiger charge is 2.38. The van der Waals surface area contributed by atoms with Crippen LogP contribution in [0.2, 0.25) is 25.1 Å². The van der Waals surface area contributed by atoms with Gasteiger partial charge in [-0.15, -0.1) is 0 Å². The molecule has 0 amide bonds. The van der Waals surface area contributed by atoms with Crippen LogP contribution in [-0.2, 0) is 32.7 Å². The maximum Gasteiger partial charge on any atom is 0.147 e. The Kier molecular flexibility index (Phi) is 28.1. The third-order valence-electron chi connectivity index (χ3n) is 27.7. The average molecular weight is 1850 g/mol. The summed E-state index contributed by atoms with van der Waals surface area (Å²) in [7, 11) is 0. The lowest BCUT2D eigenvalue weighted by atomic mass is 9.78. The summed E-state index contributed by atoms with van der Waals surface area (Å²) in [5.74, 6) is 4.58. The predicted octanol–water partition coefficient (Wildman–Crippen LogP) is 14.5. The van der Waals surface area contributed by atoms with E-state index < -0.39 is 5.60 Å². The molecule has 0 bridgehead atoms. The van der Waals surface area contributed by atoms with Gasteiger partial charge < -0.3 is 52.5 Å². The summed E-state index contributed by atoms with van der Waals surface area (Å²) in [5, 5.41) is 13.4. The van der Waals surface area contributed by atoms with E-state index >= 15 is 0 Å². The third-order valence-corrected chi connectivity index (χ3v) is 29.8. The summed E-state index contributed by atoms with van der Waals surface area (Å²) in [6.45, 7) is 35.6. The molecule has 0 aliphatic carbocycles. The number of aliphatic imine (C=N–C) groups is 5. The van der Waals surface area contributed by atoms with E-state index in [4.69, 9.17) is 116 Å². The van der Waals surface area contributed by atoms with Gasteiger partial charge in [0.15, 0.2) is 0 Å². The Morgan fingerprint density at radius 3 is 0.892 bits per heavy atom. The summed E-state index contributed by atoms with van der Waals surface area (Å²) in [6, 6.07) is 13.7. The van der Waals surface area contributed by atoms with Crippen LogP contribution in [0.1, 0.15) is 218 Å². The molecule has 1 aromatic carbocycles. The van der Waals surface area contributed by atoms with Gasteiger partial charge in [-0.1, -0.05) is 117 Å². The molecular weight excluding hydrogens is 1740 g/mol. The highest BCUT2D eigenvalue weighted by molar-refractivity contribution is 6.38. The number of nitrogens with two attached hydrogens (primary N) is 4. The minimum atomic E-state index is -0.757. The molecule has 34 heteroatoms. The van der Waals surface area contributed by atoms with Gasteiger partial charge in [-0.05, 0) is 170 Å². The van der Waals surface area contributed by atoms with Crippen LogP contribution >= 0.6 is 58.0 Å². The molecule has 5 fully saturated rings. The van der Waals surface area contributed by atoms with Crippen molar-refractivity contribution in [3.63, 3.8) is 0 Å². The lowest BCUT2D eigenvalue weighted by molar-refractivity contribution is 0.0248. The summed E-state index contributed by atoms with van der Waals surface area (Å²) >= 11 is 32.0. The van der Waals surface area contributed by atoms with Gasteiger partial charge in [-0.25, -0.2) is 49.8 Å².